The molecule has 18 heavy (non-hydrogen) atoms. The molecule has 5 heteroatoms. The van der Waals surface area contributed by atoms with E-state index in [1.54, 1.807) is 17.4 Å². The molecule has 2 aromatic rings. The van der Waals surface area contributed by atoms with Crippen LogP contribution in [0.3, 0.4) is 0 Å². The van der Waals surface area contributed by atoms with Gasteiger partial charge in [-0.3, -0.25) is 0 Å². The third-order valence-corrected chi connectivity index (χ3v) is 3.72. The number of hydrogen-bond acceptors (Lipinski definition) is 4. The van der Waals surface area contributed by atoms with Crippen LogP contribution in [0.25, 0.3) is 0 Å². The van der Waals surface area contributed by atoms with E-state index in [9.17, 15) is 4.39 Å². The summed E-state index contributed by atoms with van der Waals surface area (Å²) in [4.78, 5) is 4.27. The van der Waals surface area contributed by atoms with Gasteiger partial charge in [0.05, 0.1) is 10.7 Å². The quantitative estimate of drug-likeness (QED) is 0.817. The van der Waals surface area contributed by atoms with Crippen LogP contribution in [0, 0.1) is 5.82 Å². The van der Waals surface area contributed by atoms with Crippen LogP contribution in [0.1, 0.15) is 23.4 Å². The molecule has 0 bridgehead atoms. The fraction of sp³-hybridized carbons (Fsp3) is 0.308. The summed E-state index contributed by atoms with van der Waals surface area (Å²) in [6.07, 6.45) is 1.81. The Morgan fingerprint density at radius 3 is 3.00 bits per heavy atom. The predicted octanol–water partition coefficient (Wildman–Crippen LogP) is 2.76. The second-order valence-electron chi connectivity index (χ2n) is 4.26. The highest BCUT2D eigenvalue weighted by molar-refractivity contribution is 7.09. The monoisotopic (exact) mass is 265 g/mol. The first kappa shape index (κ1) is 13.0. The Morgan fingerprint density at radius 2 is 2.33 bits per heavy atom. The van der Waals surface area contributed by atoms with Crippen LogP contribution in [0.5, 0.6) is 0 Å². The topological polar surface area (TPSA) is 50.9 Å². The number of hydrogen-bond donors (Lipinski definition) is 2. The summed E-state index contributed by atoms with van der Waals surface area (Å²) in [5, 5.41) is 6.39. The van der Waals surface area contributed by atoms with Gasteiger partial charge in [-0.15, -0.1) is 11.3 Å². The standard InChI is InChI=1S/C13H16FN3S/c1-9(13-17-4-5-18-13)7-16-8-10-2-3-12(15)11(14)6-10/h2-6,9,16H,7-8,15H2,1H3. The van der Waals surface area contributed by atoms with Crippen molar-refractivity contribution in [2.24, 2.45) is 0 Å². The molecule has 0 saturated carbocycles. The minimum Gasteiger partial charge on any atom is -0.396 e. The van der Waals surface area contributed by atoms with E-state index in [0.29, 0.717) is 12.5 Å². The lowest BCUT2D eigenvalue weighted by atomic mass is 10.1. The first-order valence-corrected chi connectivity index (χ1v) is 6.69. The van der Waals surface area contributed by atoms with Crippen LogP contribution < -0.4 is 11.1 Å². The highest BCUT2D eigenvalue weighted by atomic mass is 32.1. The summed E-state index contributed by atoms with van der Waals surface area (Å²) in [6, 6.07) is 4.90. The largest absolute Gasteiger partial charge is 0.396 e. The Hall–Kier alpha value is -1.46. The number of nitrogens with one attached hydrogen (secondary N) is 1. The average Bonchev–Trinajstić information content (AvgIpc) is 2.87. The van der Waals surface area contributed by atoms with E-state index in [2.05, 4.69) is 17.2 Å². The van der Waals surface area contributed by atoms with Gasteiger partial charge in [-0.2, -0.15) is 0 Å². The molecule has 1 unspecified atom stereocenters. The van der Waals surface area contributed by atoms with Crippen molar-refractivity contribution in [3.05, 3.63) is 46.2 Å². The highest BCUT2D eigenvalue weighted by Crippen LogP contribution is 2.17. The van der Waals surface area contributed by atoms with Gasteiger partial charge in [-0.1, -0.05) is 13.0 Å². The Morgan fingerprint density at radius 1 is 1.50 bits per heavy atom. The van der Waals surface area contributed by atoms with Crippen molar-refractivity contribution in [2.75, 3.05) is 12.3 Å². The maximum Gasteiger partial charge on any atom is 0.146 e. The number of benzene rings is 1. The Balaban J connectivity index is 1.83. The van der Waals surface area contributed by atoms with Crippen LogP contribution >= 0.6 is 11.3 Å². The van der Waals surface area contributed by atoms with Gasteiger partial charge in [-0.25, -0.2) is 9.37 Å². The lowest BCUT2D eigenvalue weighted by molar-refractivity contribution is 0.603. The maximum absolute atomic E-state index is 13.2. The van der Waals surface area contributed by atoms with Crippen molar-refractivity contribution >= 4 is 17.0 Å². The highest BCUT2D eigenvalue weighted by Gasteiger charge is 2.07. The molecule has 2 rings (SSSR count). The van der Waals surface area contributed by atoms with Gasteiger partial charge >= 0.3 is 0 Å². The normalized spacial score (nSPS) is 12.6. The van der Waals surface area contributed by atoms with E-state index in [1.807, 2.05) is 17.6 Å². The zero-order valence-electron chi connectivity index (χ0n) is 10.2. The van der Waals surface area contributed by atoms with Gasteiger partial charge in [0.15, 0.2) is 0 Å². The maximum atomic E-state index is 13.2. The Labute approximate surface area is 110 Å². The minimum absolute atomic E-state index is 0.190. The van der Waals surface area contributed by atoms with Gasteiger partial charge < -0.3 is 11.1 Å². The van der Waals surface area contributed by atoms with Gasteiger partial charge in [0.2, 0.25) is 0 Å². The van der Waals surface area contributed by atoms with Crippen LogP contribution in [-0.2, 0) is 6.54 Å². The van der Waals surface area contributed by atoms with Crippen molar-refractivity contribution in [1.29, 1.82) is 0 Å². The summed E-state index contributed by atoms with van der Waals surface area (Å²) >= 11 is 1.65. The second-order valence-corrected chi connectivity index (χ2v) is 5.18. The van der Waals surface area contributed by atoms with Gasteiger partial charge in [0.1, 0.15) is 5.82 Å². The van der Waals surface area contributed by atoms with Crippen molar-refractivity contribution in [3.63, 3.8) is 0 Å². The van der Waals surface area contributed by atoms with E-state index in [4.69, 9.17) is 5.73 Å². The molecule has 0 aliphatic heterocycles. The third-order valence-electron chi connectivity index (χ3n) is 2.72. The number of anilines is 1. The predicted molar refractivity (Wildman–Crippen MR) is 73.0 cm³/mol. The molecule has 0 radical (unpaired) electrons. The summed E-state index contributed by atoms with van der Waals surface area (Å²) in [7, 11) is 0. The van der Waals surface area contributed by atoms with Gasteiger partial charge in [0, 0.05) is 30.6 Å². The van der Waals surface area contributed by atoms with E-state index >= 15 is 0 Å². The number of rotatable bonds is 5. The first-order chi connectivity index (χ1) is 8.66. The lowest BCUT2D eigenvalue weighted by Gasteiger charge is -2.10. The molecular weight excluding hydrogens is 249 g/mol. The summed E-state index contributed by atoms with van der Waals surface area (Å²) in [5.74, 6) is 0.00546. The summed E-state index contributed by atoms with van der Waals surface area (Å²) in [6.45, 7) is 3.57. The van der Waals surface area contributed by atoms with E-state index in [0.717, 1.165) is 17.1 Å². The zero-order chi connectivity index (χ0) is 13.0. The fourth-order valence-corrected chi connectivity index (χ4v) is 2.38. The number of nitrogen functional groups attached to an aromatic ring is 1. The molecule has 0 spiro atoms. The zero-order valence-corrected chi connectivity index (χ0v) is 11.0. The molecule has 1 heterocycles. The third kappa shape index (κ3) is 3.27. The number of thiazole rings is 1. The first-order valence-electron chi connectivity index (χ1n) is 5.81. The van der Waals surface area contributed by atoms with Crippen molar-refractivity contribution < 1.29 is 4.39 Å². The van der Waals surface area contributed by atoms with Crippen LogP contribution in [0.15, 0.2) is 29.8 Å². The summed E-state index contributed by atoms with van der Waals surface area (Å²) < 4.78 is 13.2. The van der Waals surface area contributed by atoms with Gasteiger partial charge in [0.25, 0.3) is 0 Å². The fourth-order valence-electron chi connectivity index (χ4n) is 1.68. The molecule has 1 aromatic carbocycles. The Bertz CT molecular complexity index is 499. The molecule has 96 valence electrons. The molecule has 0 aliphatic carbocycles. The average molecular weight is 265 g/mol. The van der Waals surface area contributed by atoms with Crippen LogP contribution in [-0.4, -0.2) is 11.5 Å². The number of nitrogens with zero attached hydrogens (tertiary/aromatic N) is 1. The molecule has 0 saturated heterocycles. The number of aromatic nitrogens is 1. The van der Waals surface area contributed by atoms with E-state index in [-0.39, 0.29) is 11.5 Å². The van der Waals surface area contributed by atoms with Crippen molar-refractivity contribution in [1.82, 2.24) is 10.3 Å². The second kappa shape index (κ2) is 5.93. The van der Waals surface area contributed by atoms with Gasteiger partial charge in [-0.05, 0) is 17.7 Å². The van der Waals surface area contributed by atoms with Crippen LogP contribution in [0.4, 0.5) is 10.1 Å². The number of halogens is 1. The van der Waals surface area contributed by atoms with E-state index in [1.165, 1.54) is 6.07 Å². The van der Waals surface area contributed by atoms with Crippen LogP contribution in [0.2, 0.25) is 0 Å². The van der Waals surface area contributed by atoms with Crippen molar-refractivity contribution in [2.45, 2.75) is 19.4 Å². The number of nitrogens with two attached hydrogens (primary N) is 1. The molecule has 0 fully saturated rings. The summed E-state index contributed by atoms with van der Waals surface area (Å²) in [5.41, 5.74) is 6.51. The van der Waals surface area contributed by atoms with Crippen molar-refractivity contribution in [3.8, 4) is 0 Å². The molecular formula is C13H16FN3S. The molecule has 0 aliphatic rings. The SMILES string of the molecule is CC(CNCc1ccc(N)c(F)c1)c1nccs1. The van der Waals surface area contributed by atoms with E-state index < -0.39 is 0 Å². The molecule has 1 atom stereocenters. The molecule has 3 nitrogen and oxygen atoms in total. The Kier molecular flexibility index (Phi) is 4.28. The molecule has 0 amide bonds. The molecule has 3 N–H and O–H groups in total. The smallest absolute Gasteiger partial charge is 0.146 e. The minimum atomic E-state index is -0.359. The lowest BCUT2D eigenvalue weighted by Crippen LogP contribution is -2.19. The molecule has 1 aromatic heterocycles.